The number of hydrogen-bond donors (Lipinski definition) is 0. The molecule has 0 aliphatic carbocycles. The Kier molecular flexibility index (Phi) is 4.06. The summed E-state index contributed by atoms with van der Waals surface area (Å²) < 4.78 is 0. The summed E-state index contributed by atoms with van der Waals surface area (Å²) in [5.41, 5.74) is 0.868. The van der Waals surface area contributed by atoms with Crippen LogP contribution in [-0.2, 0) is 0 Å². The van der Waals surface area contributed by atoms with E-state index in [0.717, 1.165) is 6.42 Å². The number of nitro groups is 1. The summed E-state index contributed by atoms with van der Waals surface area (Å²) in [6, 6.07) is 4.36. The zero-order valence-electron chi connectivity index (χ0n) is 11.1. The van der Waals surface area contributed by atoms with Gasteiger partial charge < -0.3 is 4.90 Å². The molecule has 0 aliphatic rings. The molecule has 0 N–H and O–H groups in total. The van der Waals surface area contributed by atoms with Gasteiger partial charge in [-0.15, -0.1) is 0 Å². The lowest BCUT2D eigenvalue weighted by atomic mass is 9.98. The summed E-state index contributed by atoms with van der Waals surface area (Å²) in [7, 11) is 1.89. The topological polar surface area (TPSA) is 63.4 Å². The third-order valence-electron chi connectivity index (χ3n) is 3.48. The van der Waals surface area contributed by atoms with Gasteiger partial charge in [0.05, 0.1) is 4.92 Å². The summed E-state index contributed by atoms with van der Waals surface area (Å²) in [5.74, 6) is 0. The SMILES string of the molecule is CCC(C)(C)N(C)c1ccc([N+](=O)[O-])cc1C=O. The molecular formula is C13H18N2O3. The predicted octanol–water partition coefficient (Wildman–Crippen LogP) is 3.03. The maximum absolute atomic E-state index is 11.1. The summed E-state index contributed by atoms with van der Waals surface area (Å²) in [4.78, 5) is 23.2. The van der Waals surface area contributed by atoms with E-state index in [-0.39, 0.29) is 11.2 Å². The summed E-state index contributed by atoms with van der Waals surface area (Å²) in [6.07, 6.45) is 1.56. The fourth-order valence-electron chi connectivity index (χ4n) is 1.62. The zero-order chi connectivity index (χ0) is 13.9. The molecule has 0 radical (unpaired) electrons. The Balaban J connectivity index is 3.25. The number of nitro benzene ring substituents is 1. The van der Waals surface area contributed by atoms with Crippen molar-refractivity contribution in [1.29, 1.82) is 0 Å². The second-order valence-electron chi connectivity index (χ2n) is 4.84. The van der Waals surface area contributed by atoms with E-state index in [1.807, 2.05) is 11.9 Å². The van der Waals surface area contributed by atoms with E-state index in [1.165, 1.54) is 12.1 Å². The van der Waals surface area contributed by atoms with Crippen LogP contribution in [0.2, 0.25) is 0 Å². The summed E-state index contributed by atoms with van der Waals surface area (Å²) >= 11 is 0. The first-order valence-corrected chi connectivity index (χ1v) is 5.81. The van der Waals surface area contributed by atoms with Crippen molar-refractivity contribution in [2.24, 2.45) is 0 Å². The average molecular weight is 250 g/mol. The van der Waals surface area contributed by atoms with Crippen LogP contribution in [0.25, 0.3) is 0 Å². The molecule has 0 atom stereocenters. The first-order chi connectivity index (χ1) is 8.33. The average Bonchev–Trinajstić information content (AvgIpc) is 2.36. The van der Waals surface area contributed by atoms with Crippen LogP contribution in [0.1, 0.15) is 37.6 Å². The van der Waals surface area contributed by atoms with Crippen molar-refractivity contribution in [3.8, 4) is 0 Å². The number of carbonyl (C=O) groups excluding carboxylic acids is 1. The van der Waals surface area contributed by atoms with E-state index in [4.69, 9.17) is 0 Å². The molecule has 0 spiro atoms. The Hall–Kier alpha value is -1.91. The van der Waals surface area contributed by atoms with Crippen LogP contribution < -0.4 is 4.90 Å². The Labute approximate surface area is 107 Å². The highest BCUT2D eigenvalue weighted by atomic mass is 16.6. The van der Waals surface area contributed by atoms with Gasteiger partial charge >= 0.3 is 0 Å². The monoisotopic (exact) mass is 250 g/mol. The molecular weight excluding hydrogens is 232 g/mol. The molecule has 18 heavy (non-hydrogen) atoms. The number of hydrogen-bond acceptors (Lipinski definition) is 4. The van der Waals surface area contributed by atoms with Crippen LogP contribution >= 0.6 is 0 Å². The molecule has 0 saturated heterocycles. The molecule has 1 aromatic rings. The van der Waals surface area contributed by atoms with Crippen LogP contribution in [0.4, 0.5) is 11.4 Å². The van der Waals surface area contributed by atoms with Crippen LogP contribution in [-0.4, -0.2) is 23.8 Å². The van der Waals surface area contributed by atoms with Gasteiger partial charge in [-0.3, -0.25) is 14.9 Å². The molecule has 0 aromatic heterocycles. The second kappa shape index (κ2) is 5.16. The third-order valence-corrected chi connectivity index (χ3v) is 3.48. The number of carbonyl (C=O) groups is 1. The molecule has 1 aromatic carbocycles. The number of anilines is 1. The molecule has 0 unspecified atom stereocenters. The quantitative estimate of drug-likeness (QED) is 0.457. The van der Waals surface area contributed by atoms with Gasteiger partial charge in [-0.25, -0.2) is 0 Å². The largest absolute Gasteiger partial charge is 0.369 e. The van der Waals surface area contributed by atoms with Crippen LogP contribution in [0.3, 0.4) is 0 Å². The Morgan fingerprint density at radius 2 is 2.06 bits per heavy atom. The Morgan fingerprint density at radius 1 is 1.44 bits per heavy atom. The van der Waals surface area contributed by atoms with Crippen molar-refractivity contribution in [1.82, 2.24) is 0 Å². The first-order valence-electron chi connectivity index (χ1n) is 5.81. The molecule has 98 valence electrons. The van der Waals surface area contributed by atoms with E-state index in [9.17, 15) is 14.9 Å². The summed E-state index contributed by atoms with van der Waals surface area (Å²) in [5, 5.41) is 10.7. The Morgan fingerprint density at radius 3 is 2.50 bits per heavy atom. The van der Waals surface area contributed by atoms with Gasteiger partial charge in [0.1, 0.15) is 0 Å². The molecule has 0 bridgehead atoms. The molecule has 0 fully saturated rings. The molecule has 0 aliphatic heterocycles. The standard InChI is InChI=1S/C13H18N2O3/c1-5-13(2,3)14(4)12-7-6-11(15(17)18)8-10(12)9-16/h6-9H,5H2,1-4H3. The molecule has 0 heterocycles. The van der Waals surface area contributed by atoms with Crippen molar-refractivity contribution < 1.29 is 9.72 Å². The van der Waals surface area contributed by atoms with Crippen molar-refractivity contribution in [3.63, 3.8) is 0 Å². The minimum absolute atomic E-state index is 0.0662. The van der Waals surface area contributed by atoms with Gasteiger partial charge in [0, 0.05) is 36.0 Å². The predicted molar refractivity (Wildman–Crippen MR) is 71.3 cm³/mol. The molecule has 5 nitrogen and oxygen atoms in total. The highest BCUT2D eigenvalue weighted by Gasteiger charge is 2.24. The zero-order valence-corrected chi connectivity index (χ0v) is 11.1. The van der Waals surface area contributed by atoms with Crippen molar-refractivity contribution >= 4 is 17.7 Å². The highest BCUT2D eigenvalue weighted by Crippen LogP contribution is 2.29. The van der Waals surface area contributed by atoms with Gasteiger partial charge in [-0.05, 0) is 26.3 Å². The normalized spacial score (nSPS) is 11.1. The molecule has 1 rings (SSSR count). The van der Waals surface area contributed by atoms with Crippen molar-refractivity contribution in [3.05, 3.63) is 33.9 Å². The van der Waals surface area contributed by atoms with Crippen LogP contribution in [0.15, 0.2) is 18.2 Å². The third kappa shape index (κ3) is 2.67. The fourth-order valence-corrected chi connectivity index (χ4v) is 1.62. The number of aldehydes is 1. The lowest BCUT2D eigenvalue weighted by molar-refractivity contribution is -0.384. The van der Waals surface area contributed by atoms with E-state index < -0.39 is 4.92 Å². The maximum atomic E-state index is 11.1. The van der Waals surface area contributed by atoms with Gasteiger partial charge in [0.15, 0.2) is 6.29 Å². The van der Waals surface area contributed by atoms with Gasteiger partial charge in [-0.1, -0.05) is 6.92 Å². The van der Waals surface area contributed by atoms with E-state index >= 15 is 0 Å². The lowest BCUT2D eigenvalue weighted by Crippen LogP contribution is -2.41. The van der Waals surface area contributed by atoms with Gasteiger partial charge in [-0.2, -0.15) is 0 Å². The van der Waals surface area contributed by atoms with Gasteiger partial charge in [0.25, 0.3) is 5.69 Å². The van der Waals surface area contributed by atoms with E-state index in [0.29, 0.717) is 17.5 Å². The van der Waals surface area contributed by atoms with Crippen LogP contribution in [0, 0.1) is 10.1 Å². The molecule has 5 heteroatoms. The maximum Gasteiger partial charge on any atom is 0.270 e. The van der Waals surface area contributed by atoms with Crippen molar-refractivity contribution in [2.45, 2.75) is 32.7 Å². The molecule has 0 amide bonds. The number of nitrogens with zero attached hydrogens (tertiary/aromatic N) is 2. The first kappa shape index (κ1) is 14.2. The van der Waals surface area contributed by atoms with Crippen molar-refractivity contribution in [2.75, 3.05) is 11.9 Å². The van der Waals surface area contributed by atoms with E-state index in [2.05, 4.69) is 20.8 Å². The van der Waals surface area contributed by atoms with E-state index in [1.54, 1.807) is 6.07 Å². The smallest absolute Gasteiger partial charge is 0.270 e. The second-order valence-corrected chi connectivity index (χ2v) is 4.84. The number of benzene rings is 1. The summed E-state index contributed by atoms with van der Waals surface area (Å²) in [6.45, 7) is 6.18. The van der Waals surface area contributed by atoms with Crippen LogP contribution in [0.5, 0.6) is 0 Å². The Bertz CT molecular complexity index is 469. The minimum atomic E-state index is -0.498. The van der Waals surface area contributed by atoms with Gasteiger partial charge in [0.2, 0.25) is 0 Å². The highest BCUT2D eigenvalue weighted by molar-refractivity contribution is 5.86. The minimum Gasteiger partial charge on any atom is -0.369 e. The number of rotatable bonds is 5. The molecule has 0 saturated carbocycles. The number of non-ortho nitro benzene ring substituents is 1. The fraction of sp³-hybridized carbons (Fsp3) is 0.462. The lowest BCUT2D eigenvalue weighted by Gasteiger charge is -2.37.